The second kappa shape index (κ2) is 5.47. The second-order valence-corrected chi connectivity index (χ2v) is 8.18. The fourth-order valence-corrected chi connectivity index (χ4v) is 3.30. The van der Waals surface area contributed by atoms with Gasteiger partial charge in [-0.15, -0.1) is 0 Å². The molecule has 0 rings (SSSR count). The molecule has 0 bridgehead atoms. The summed E-state index contributed by atoms with van der Waals surface area (Å²) in [7, 11) is 2.76. The molecular formula is C7H19NP2. The zero-order chi connectivity index (χ0) is 8.15. The average Bonchev–Trinajstić information content (AvgIpc) is 1.58. The van der Waals surface area contributed by atoms with Gasteiger partial charge in [-0.1, -0.05) is 15.8 Å². The van der Waals surface area contributed by atoms with Gasteiger partial charge in [0.1, 0.15) is 0 Å². The molecular weight excluding hydrogens is 160 g/mol. The largest absolute Gasteiger partial charge is 0.298 e. The van der Waals surface area contributed by atoms with Gasteiger partial charge in [-0.2, -0.15) is 0 Å². The van der Waals surface area contributed by atoms with Crippen molar-refractivity contribution in [3.8, 4) is 0 Å². The van der Waals surface area contributed by atoms with Crippen LogP contribution in [0.5, 0.6) is 0 Å². The highest BCUT2D eigenvalue weighted by atomic mass is 31.1. The highest BCUT2D eigenvalue weighted by molar-refractivity contribution is 7.56. The number of hydrogen-bond donors (Lipinski definition) is 0. The van der Waals surface area contributed by atoms with Crippen molar-refractivity contribution in [2.75, 3.05) is 46.3 Å². The van der Waals surface area contributed by atoms with E-state index in [0.717, 1.165) is 0 Å². The quantitative estimate of drug-likeness (QED) is 0.598. The fraction of sp³-hybridized carbons (Fsp3) is 1.00. The van der Waals surface area contributed by atoms with Crippen LogP contribution in [0.1, 0.15) is 0 Å². The van der Waals surface area contributed by atoms with Crippen LogP contribution in [0.2, 0.25) is 0 Å². The Morgan fingerprint density at radius 2 is 1.20 bits per heavy atom. The summed E-state index contributed by atoms with van der Waals surface area (Å²) < 4.78 is 0. The third-order valence-electron chi connectivity index (χ3n) is 1.05. The van der Waals surface area contributed by atoms with Gasteiger partial charge in [-0.05, 0) is 33.7 Å². The molecule has 1 nitrogen and oxygen atoms in total. The lowest BCUT2D eigenvalue weighted by Crippen LogP contribution is -2.18. The Hall–Kier alpha value is 0.820. The summed E-state index contributed by atoms with van der Waals surface area (Å²) in [4.78, 5) is 2.46. The van der Waals surface area contributed by atoms with Crippen LogP contribution in [0.4, 0.5) is 0 Å². The Morgan fingerprint density at radius 3 is 1.40 bits per heavy atom. The lowest BCUT2D eigenvalue weighted by molar-refractivity contribution is 0.459. The molecule has 0 aromatic heterocycles. The molecule has 0 aromatic carbocycles. The molecule has 0 atom stereocenters. The van der Waals surface area contributed by atoms with E-state index in [9.17, 15) is 0 Å². The van der Waals surface area contributed by atoms with Crippen molar-refractivity contribution in [3.63, 3.8) is 0 Å². The monoisotopic (exact) mass is 179 g/mol. The Kier molecular flexibility index (Phi) is 5.92. The molecule has 10 heavy (non-hydrogen) atoms. The van der Waals surface area contributed by atoms with Gasteiger partial charge < -0.3 is 0 Å². The fourth-order valence-electron chi connectivity index (χ4n) is 1.01. The molecule has 0 aliphatic carbocycles. The first kappa shape index (κ1) is 10.8. The van der Waals surface area contributed by atoms with Crippen LogP contribution in [0, 0.1) is 0 Å². The van der Waals surface area contributed by atoms with Crippen molar-refractivity contribution < 1.29 is 0 Å². The zero-order valence-electron chi connectivity index (χ0n) is 7.76. The van der Waals surface area contributed by atoms with Gasteiger partial charge in [0.05, 0.1) is 0 Å². The summed E-state index contributed by atoms with van der Waals surface area (Å²) in [6.07, 6.45) is 2.60. The molecule has 0 saturated carbocycles. The summed E-state index contributed by atoms with van der Waals surface area (Å²) in [5, 5.41) is 0. The van der Waals surface area contributed by atoms with Crippen LogP contribution < -0.4 is 0 Å². The number of rotatable bonds is 4. The van der Waals surface area contributed by atoms with E-state index >= 15 is 0 Å². The van der Waals surface area contributed by atoms with E-state index in [0.29, 0.717) is 0 Å². The highest BCUT2D eigenvalue weighted by Crippen LogP contribution is 2.30. The summed E-state index contributed by atoms with van der Waals surface area (Å²) in [6.45, 7) is 9.33. The predicted octanol–water partition coefficient (Wildman–Crippen LogP) is 2.32. The van der Waals surface area contributed by atoms with E-state index in [4.69, 9.17) is 0 Å². The van der Waals surface area contributed by atoms with Crippen LogP contribution in [-0.4, -0.2) is 51.2 Å². The Balaban J connectivity index is 3.34. The van der Waals surface area contributed by atoms with Gasteiger partial charge in [-0.3, -0.25) is 4.90 Å². The van der Waals surface area contributed by atoms with E-state index in [-0.39, 0.29) is 15.8 Å². The first-order valence-corrected chi connectivity index (χ1v) is 8.34. The van der Waals surface area contributed by atoms with E-state index in [1.807, 2.05) is 0 Å². The molecule has 0 amide bonds. The van der Waals surface area contributed by atoms with Gasteiger partial charge in [0.25, 0.3) is 0 Å². The second-order valence-electron chi connectivity index (χ2n) is 3.30. The van der Waals surface area contributed by atoms with Gasteiger partial charge in [-0.25, -0.2) is 0 Å². The van der Waals surface area contributed by atoms with Crippen LogP contribution in [0.25, 0.3) is 0 Å². The Morgan fingerprint density at radius 1 is 0.900 bits per heavy atom. The minimum atomic E-state index is 0.266. The number of nitrogens with zero attached hydrogens (tertiary/aromatic N) is 1. The van der Waals surface area contributed by atoms with Crippen molar-refractivity contribution in [1.29, 1.82) is 0 Å². The first-order chi connectivity index (χ1) is 4.52. The third-order valence-corrected chi connectivity index (χ3v) is 3.15. The van der Waals surface area contributed by atoms with Gasteiger partial charge in [0, 0.05) is 12.6 Å². The van der Waals surface area contributed by atoms with Crippen LogP contribution in [0.3, 0.4) is 0 Å². The number of hydrogen-bond acceptors (Lipinski definition) is 1. The van der Waals surface area contributed by atoms with E-state index in [2.05, 4.69) is 38.6 Å². The molecule has 0 unspecified atom stereocenters. The predicted molar refractivity (Wildman–Crippen MR) is 55.0 cm³/mol. The lowest BCUT2D eigenvalue weighted by atomic mass is 11.0. The summed E-state index contributed by atoms with van der Waals surface area (Å²) in [5.41, 5.74) is 0. The molecule has 3 heteroatoms. The minimum absolute atomic E-state index is 0.266. The molecule has 62 valence electrons. The van der Waals surface area contributed by atoms with Crippen molar-refractivity contribution in [2.24, 2.45) is 0 Å². The van der Waals surface area contributed by atoms with Gasteiger partial charge in [0.2, 0.25) is 0 Å². The third kappa shape index (κ3) is 6.93. The minimum Gasteiger partial charge on any atom is -0.298 e. The first-order valence-electron chi connectivity index (χ1n) is 3.50. The molecule has 0 heterocycles. The summed E-state index contributed by atoms with van der Waals surface area (Å²) in [6, 6.07) is 0. The topological polar surface area (TPSA) is 3.24 Å². The molecule has 0 aromatic rings. The van der Waals surface area contributed by atoms with Crippen molar-refractivity contribution >= 4 is 15.8 Å². The standard InChI is InChI=1S/C7H19NP2/c1-8(6-9(2)3)7-10(4)5/h6-7H2,1-5H3. The molecule has 0 aliphatic rings. The van der Waals surface area contributed by atoms with Crippen molar-refractivity contribution in [2.45, 2.75) is 0 Å². The van der Waals surface area contributed by atoms with Crippen LogP contribution >= 0.6 is 15.8 Å². The molecule has 0 radical (unpaired) electrons. The van der Waals surface area contributed by atoms with Crippen LogP contribution in [-0.2, 0) is 0 Å². The van der Waals surface area contributed by atoms with Crippen molar-refractivity contribution in [3.05, 3.63) is 0 Å². The lowest BCUT2D eigenvalue weighted by Gasteiger charge is -2.20. The summed E-state index contributed by atoms with van der Waals surface area (Å²) >= 11 is 0. The maximum Gasteiger partial charge on any atom is 0.0179 e. The van der Waals surface area contributed by atoms with Crippen LogP contribution in [0.15, 0.2) is 0 Å². The maximum absolute atomic E-state index is 2.46. The average molecular weight is 179 g/mol. The molecule has 0 N–H and O–H groups in total. The maximum atomic E-state index is 2.46. The van der Waals surface area contributed by atoms with E-state index in [1.54, 1.807) is 0 Å². The smallest absolute Gasteiger partial charge is 0.0179 e. The molecule has 0 aliphatic heterocycles. The zero-order valence-corrected chi connectivity index (χ0v) is 9.54. The van der Waals surface area contributed by atoms with Crippen molar-refractivity contribution in [1.82, 2.24) is 4.90 Å². The summed E-state index contributed by atoms with van der Waals surface area (Å²) in [5.74, 6) is 0. The highest BCUT2D eigenvalue weighted by Gasteiger charge is 2.01. The molecule has 0 fully saturated rings. The van der Waals surface area contributed by atoms with E-state index in [1.165, 1.54) is 12.6 Å². The molecule has 0 spiro atoms. The molecule has 0 saturated heterocycles. The Bertz CT molecular complexity index is 73.7. The normalized spacial score (nSPS) is 12.0. The SMILES string of the molecule is CN(CP(C)C)CP(C)C. The Labute approximate surface area is 67.7 Å². The van der Waals surface area contributed by atoms with E-state index < -0.39 is 0 Å². The van der Waals surface area contributed by atoms with Gasteiger partial charge in [0.15, 0.2) is 0 Å². The van der Waals surface area contributed by atoms with Gasteiger partial charge >= 0.3 is 0 Å².